The number of nitrogens with zero attached hydrogens (tertiary/aromatic N) is 1. The Morgan fingerprint density at radius 2 is 2.14 bits per heavy atom. The van der Waals surface area contributed by atoms with Gasteiger partial charge in [-0.15, -0.1) is 0 Å². The zero-order valence-corrected chi connectivity index (χ0v) is 13.1. The first-order valence-corrected chi connectivity index (χ1v) is 7.84. The van der Waals surface area contributed by atoms with Gasteiger partial charge in [0.25, 0.3) is 0 Å². The van der Waals surface area contributed by atoms with Gasteiger partial charge >= 0.3 is 5.97 Å². The number of benzene rings is 1. The molecule has 1 aliphatic rings. The Labute approximate surface area is 131 Å². The van der Waals surface area contributed by atoms with Crippen LogP contribution in [-0.2, 0) is 9.53 Å². The summed E-state index contributed by atoms with van der Waals surface area (Å²) < 4.78 is 10.8. The highest BCUT2D eigenvalue weighted by atomic mass is 35.5. The number of hydrogen-bond donors (Lipinski definition) is 0. The van der Waals surface area contributed by atoms with Crippen LogP contribution in [0.5, 0.6) is 5.75 Å². The van der Waals surface area contributed by atoms with E-state index < -0.39 is 0 Å². The van der Waals surface area contributed by atoms with E-state index >= 15 is 0 Å². The molecule has 1 heterocycles. The second-order valence-corrected chi connectivity index (χ2v) is 5.61. The molecule has 0 aromatic heterocycles. The Morgan fingerprint density at radius 1 is 1.38 bits per heavy atom. The topological polar surface area (TPSA) is 38.8 Å². The predicted octanol–water partition coefficient (Wildman–Crippen LogP) is 2.99. The van der Waals surface area contributed by atoms with Gasteiger partial charge in [-0.3, -0.25) is 9.69 Å². The van der Waals surface area contributed by atoms with Crippen molar-refractivity contribution in [3.63, 3.8) is 0 Å². The standard InChI is InChI=1S/C16H22ClNO3/c1-2-20-16(19)13-6-8-18(9-7-13)10-11-21-15-5-3-4-14(17)12-15/h3-5,12-13H,2,6-11H2,1H3. The zero-order valence-electron chi connectivity index (χ0n) is 12.4. The minimum Gasteiger partial charge on any atom is -0.492 e. The lowest BCUT2D eigenvalue weighted by Crippen LogP contribution is -2.39. The highest BCUT2D eigenvalue weighted by Gasteiger charge is 2.25. The molecule has 0 aliphatic carbocycles. The van der Waals surface area contributed by atoms with Crippen molar-refractivity contribution in [3.05, 3.63) is 29.3 Å². The molecule has 1 aromatic rings. The molecule has 0 unspecified atom stereocenters. The largest absolute Gasteiger partial charge is 0.492 e. The normalized spacial score (nSPS) is 16.7. The minimum absolute atomic E-state index is 0.0488. The Hall–Kier alpha value is -1.26. The van der Waals surface area contributed by atoms with Gasteiger partial charge in [0.1, 0.15) is 12.4 Å². The van der Waals surface area contributed by atoms with Crippen LogP contribution in [0.3, 0.4) is 0 Å². The third kappa shape index (κ3) is 5.21. The molecule has 0 atom stereocenters. The molecule has 0 bridgehead atoms. The molecule has 5 heteroatoms. The van der Waals surface area contributed by atoms with Crippen molar-refractivity contribution < 1.29 is 14.3 Å². The summed E-state index contributed by atoms with van der Waals surface area (Å²) in [6, 6.07) is 7.42. The van der Waals surface area contributed by atoms with Gasteiger partial charge in [0.15, 0.2) is 0 Å². The van der Waals surface area contributed by atoms with Gasteiger partial charge in [-0.2, -0.15) is 0 Å². The van der Waals surface area contributed by atoms with E-state index in [-0.39, 0.29) is 11.9 Å². The number of carbonyl (C=O) groups excluding carboxylic acids is 1. The van der Waals surface area contributed by atoms with E-state index in [1.807, 2.05) is 31.2 Å². The molecule has 0 spiro atoms. The number of carbonyl (C=O) groups is 1. The van der Waals surface area contributed by atoms with E-state index in [0.717, 1.165) is 38.2 Å². The molecule has 2 rings (SSSR count). The summed E-state index contributed by atoms with van der Waals surface area (Å²) in [6.07, 6.45) is 1.74. The van der Waals surface area contributed by atoms with Crippen molar-refractivity contribution in [1.29, 1.82) is 0 Å². The Balaban J connectivity index is 1.66. The smallest absolute Gasteiger partial charge is 0.309 e. The van der Waals surface area contributed by atoms with Crippen molar-refractivity contribution in [2.24, 2.45) is 5.92 Å². The van der Waals surface area contributed by atoms with Gasteiger partial charge in [-0.05, 0) is 51.1 Å². The van der Waals surface area contributed by atoms with Crippen molar-refractivity contribution in [2.45, 2.75) is 19.8 Å². The van der Waals surface area contributed by atoms with Crippen LogP contribution in [0.25, 0.3) is 0 Å². The van der Waals surface area contributed by atoms with Crippen LogP contribution in [0, 0.1) is 5.92 Å². The van der Waals surface area contributed by atoms with E-state index in [1.165, 1.54) is 0 Å². The third-order valence-electron chi connectivity index (χ3n) is 3.68. The monoisotopic (exact) mass is 311 g/mol. The van der Waals surface area contributed by atoms with Crippen LogP contribution in [0.1, 0.15) is 19.8 Å². The van der Waals surface area contributed by atoms with Crippen LogP contribution < -0.4 is 4.74 Å². The van der Waals surface area contributed by atoms with E-state index in [1.54, 1.807) is 0 Å². The summed E-state index contributed by atoms with van der Waals surface area (Å²) >= 11 is 5.91. The average molecular weight is 312 g/mol. The molecule has 0 saturated carbocycles. The molecule has 1 aliphatic heterocycles. The van der Waals surface area contributed by atoms with Gasteiger partial charge < -0.3 is 9.47 Å². The van der Waals surface area contributed by atoms with E-state index in [0.29, 0.717) is 18.2 Å². The second-order valence-electron chi connectivity index (χ2n) is 5.17. The van der Waals surface area contributed by atoms with Crippen LogP contribution in [0.2, 0.25) is 5.02 Å². The summed E-state index contributed by atoms with van der Waals surface area (Å²) in [5, 5.41) is 0.683. The van der Waals surface area contributed by atoms with Gasteiger partial charge in [0, 0.05) is 11.6 Å². The number of piperidine rings is 1. The van der Waals surface area contributed by atoms with Crippen molar-refractivity contribution in [1.82, 2.24) is 4.90 Å². The Kier molecular flexibility index (Phi) is 6.33. The molecule has 21 heavy (non-hydrogen) atoms. The first-order chi connectivity index (χ1) is 10.2. The van der Waals surface area contributed by atoms with Crippen LogP contribution in [0.4, 0.5) is 0 Å². The minimum atomic E-state index is -0.0488. The molecule has 1 saturated heterocycles. The SMILES string of the molecule is CCOC(=O)C1CCN(CCOc2cccc(Cl)c2)CC1. The third-order valence-corrected chi connectivity index (χ3v) is 3.91. The lowest BCUT2D eigenvalue weighted by atomic mass is 9.97. The van der Waals surface area contributed by atoms with E-state index in [2.05, 4.69) is 4.90 Å². The predicted molar refractivity (Wildman–Crippen MR) is 82.7 cm³/mol. The zero-order chi connectivity index (χ0) is 15.1. The maximum atomic E-state index is 11.7. The highest BCUT2D eigenvalue weighted by molar-refractivity contribution is 6.30. The maximum absolute atomic E-state index is 11.7. The van der Waals surface area contributed by atoms with Crippen molar-refractivity contribution in [3.8, 4) is 5.75 Å². The molecule has 116 valence electrons. The molecule has 1 fully saturated rings. The quantitative estimate of drug-likeness (QED) is 0.757. The van der Waals surface area contributed by atoms with Crippen molar-refractivity contribution in [2.75, 3.05) is 32.8 Å². The number of halogens is 1. The number of esters is 1. The average Bonchev–Trinajstić information content (AvgIpc) is 2.48. The first kappa shape index (κ1) is 16.1. The summed E-state index contributed by atoms with van der Waals surface area (Å²) in [6.45, 7) is 5.64. The lowest BCUT2D eigenvalue weighted by Gasteiger charge is -2.30. The number of rotatable bonds is 6. The number of hydrogen-bond acceptors (Lipinski definition) is 4. The van der Waals surface area contributed by atoms with E-state index in [9.17, 15) is 4.79 Å². The summed E-state index contributed by atoms with van der Waals surface area (Å²) in [5.41, 5.74) is 0. The highest BCUT2D eigenvalue weighted by Crippen LogP contribution is 2.19. The Morgan fingerprint density at radius 3 is 2.81 bits per heavy atom. The molecule has 1 aromatic carbocycles. The summed E-state index contributed by atoms with van der Waals surface area (Å²) in [7, 11) is 0. The van der Waals surface area contributed by atoms with Gasteiger partial charge in [0.05, 0.1) is 12.5 Å². The second kappa shape index (κ2) is 8.25. The molecule has 0 N–H and O–H groups in total. The van der Waals surface area contributed by atoms with Crippen molar-refractivity contribution >= 4 is 17.6 Å². The first-order valence-electron chi connectivity index (χ1n) is 7.46. The Bertz CT molecular complexity index is 459. The van der Waals surface area contributed by atoms with Gasteiger partial charge in [-0.1, -0.05) is 17.7 Å². The molecular formula is C16H22ClNO3. The molecular weight excluding hydrogens is 290 g/mol. The molecule has 4 nitrogen and oxygen atoms in total. The summed E-state index contributed by atoms with van der Waals surface area (Å²) in [4.78, 5) is 14.0. The van der Waals surface area contributed by atoms with Crippen LogP contribution in [-0.4, -0.2) is 43.7 Å². The fourth-order valence-corrected chi connectivity index (χ4v) is 2.68. The van der Waals surface area contributed by atoms with Crippen LogP contribution >= 0.6 is 11.6 Å². The number of ether oxygens (including phenoxy) is 2. The summed E-state index contributed by atoms with van der Waals surface area (Å²) in [5.74, 6) is 0.811. The number of likely N-dealkylation sites (tertiary alicyclic amines) is 1. The fourth-order valence-electron chi connectivity index (χ4n) is 2.50. The molecule has 0 amide bonds. The van der Waals surface area contributed by atoms with Gasteiger partial charge in [-0.25, -0.2) is 0 Å². The maximum Gasteiger partial charge on any atom is 0.309 e. The van der Waals surface area contributed by atoms with Gasteiger partial charge in [0.2, 0.25) is 0 Å². The van der Waals surface area contributed by atoms with Crippen LogP contribution in [0.15, 0.2) is 24.3 Å². The lowest BCUT2D eigenvalue weighted by molar-refractivity contribution is -0.149. The molecule has 0 radical (unpaired) electrons. The fraction of sp³-hybridized carbons (Fsp3) is 0.562. The van der Waals surface area contributed by atoms with E-state index in [4.69, 9.17) is 21.1 Å².